The topological polar surface area (TPSA) is 46.3 Å². The number of likely N-dealkylation sites (tertiary alicyclic amines) is 1. The molecule has 0 radical (unpaired) electrons. The smallest absolute Gasteiger partial charge is 0.223 e. The van der Waals surface area contributed by atoms with E-state index >= 15 is 0 Å². The molecule has 2 atom stereocenters. The molecule has 0 aromatic heterocycles. The molecule has 110 valence electrons. The number of nitrogens with two attached hydrogens (primary N) is 1. The van der Waals surface area contributed by atoms with Crippen LogP contribution in [0.25, 0.3) is 0 Å². The summed E-state index contributed by atoms with van der Waals surface area (Å²) in [4.78, 5) is 14.5. The van der Waals surface area contributed by atoms with Crippen LogP contribution in [0.3, 0.4) is 0 Å². The number of benzene rings is 1. The highest BCUT2D eigenvalue weighted by Gasteiger charge is 2.32. The summed E-state index contributed by atoms with van der Waals surface area (Å²) < 4.78 is 0. The molecule has 1 heterocycles. The van der Waals surface area contributed by atoms with Gasteiger partial charge in [-0.15, -0.1) is 0 Å². The molecule has 1 fully saturated rings. The summed E-state index contributed by atoms with van der Waals surface area (Å²) in [5.74, 6) is 0.779. The van der Waals surface area contributed by atoms with Crippen molar-refractivity contribution in [3.05, 3.63) is 35.4 Å². The molecule has 0 aliphatic carbocycles. The Hall–Kier alpha value is -1.35. The first kappa shape index (κ1) is 15.0. The van der Waals surface area contributed by atoms with Crippen LogP contribution in [0, 0.1) is 12.8 Å². The molecule has 1 aromatic carbocycles. The van der Waals surface area contributed by atoms with Crippen LogP contribution in [0.4, 0.5) is 0 Å². The Morgan fingerprint density at radius 2 is 2.05 bits per heavy atom. The number of rotatable bonds is 4. The van der Waals surface area contributed by atoms with Crippen molar-refractivity contribution in [2.45, 2.75) is 45.6 Å². The van der Waals surface area contributed by atoms with Crippen LogP contribution in [0.5, 0.6) is 0 Å². The minimum absolute atomic E-state index is 0.231. The Morgan fingerprint density at radius 1 is 1.35 bits per heavy atom. The Kier molecular flexibility index (Phi) is 5.18. The van der Waals surface area contributed by atoms with E-state index in [4.69, 9.17) is 5.73 Å². The molecule has 20 heavy (non-hydrogen) atoms. The summed E-state index contributed by atoms with van der Waals surface area (Å²) in [6.07, 6.45) is 3.66. The zero-order valence-electron chi connectivity index (χ0n) is 12.6. The van der Waals surface area contributed by atoms with Gasteiger partial charge in [0.15, 0.2) is 0 Å². The number of carbonyl (C=O) groups excluding carboxylic acids is 1. The highest BCUT2D eigenvalue weighted by Crippen LogP contribution is 2.36. The molecular weight excluding hydrogens is 248 g/mol. The molecule has 1 aliphatic heterocycles. The van der Waals surface area contributed by atoms with Crippen molar-refractivity contribution in [1.82, 2.24) is 4.90 Å². The van der Waals surface area contributed by atoms with Gasteiger partial charge in [-0.05, 0) is 44.2 Å². The Bertz CT molecular complexity index is 441. The second kappa shape index (κ2) is 6.89. The number of carbonyl (C=O) groups is 1. The van der Waals surface area contributed by atoms with Crippen LogP contribution in [0.2, 0.25) is 0 Å². The van der Waals surface area contributed by atoms with Crippen molar-refractivity contribution in [2.24, 2.45) is 11.7 Å². The minimum atomic E-state index is 0.231. The maximum absolute atomic E-state index is 12.4. The van der Waals surface area contributed by atoms with Crippen molar-refractivity contribution in [2.75, 3.05) is 13.1 Å². The van der Waals surface area contributed by atoms with E-state index in [2.05, 4.69) is 43.0 Å². The Balaban J connectivity index is 2.19. The van der Waals surface area contributed by atoms with Gasteiger partial charge in [-0.2, -0.15) is 0 Å². The second-order valence-electron chi connectivity index (χ2n) is 5.95. The van der Waals surface area contributed by atoms with Gasteiger partial charge in [-0.3, -0.25) is 4.79 Å². The van der Waals surface area contributed by atoms with E-state index in [-0.39, 0.29) is 11.9 Å². The SMILES string of the molecule is Cc1ccc(C2C(C)CCCN2C(=O)CCCN)cc1. The lowest BCUT2D eigenvalue weighted by Gasteiger charge is -2.40. The van der Waals surface area contributed by atoms with Gasteiger partial charge < -0.3 is 10.6 Å². The summed E-state index contributed by atoms with van der Waals surface area (Å²) in [7, 11) is 0. The van der Waals surface area contributed by atoms with Crippen LogP contribution in [-0.4, -0.2) is 23.9 Å². The molecule has 1 aromatic rings. The normalized spacial score (nSPS) is 22.9. The third kappa shape index (κ3) is 3.40. The van der Waals surface area contributed by atoms with Gasteiger partial charge in [0.1, 0.15) is 0 Å². The largest absolute Gasteiger partial charge is 0.335 e. The lowest BCUT2D eigenvalue weighted by molar-refractivity contribution is -0.136. The monoisotopic (exact) mass is 274 g/mol. The van der Waals surface area contributed by atoms with E-state index in [1.807, 2.05) is 0 Å². The van der Waals surface area contributed by atoms with Crippen LogP contribution < -0.4 is 5.73 Å². The summed E-state index contributed by atoms with van der Waals surface area (Å²) in [6.45, 7) is 5.82. The standard InChI is InChI=1S/C17H26N2O/c1-13-7-9-15(10-8-13)17-14(2)5-4-12-19(17)16(20)6-3-11-18/h7-10,14,17H,3-6,11-12,18H2,1-2H3. The van der Waals surface area contributed by atoms with Crippen molar-refractivity contribution in [3.63, 3.8) is 0 Å². The minimum Gasteiger partial charge on any atom is -0.335 e. The number of hydrogen-bond acceptors (Lipinski definition) is 2. The van der Waals surface area contributed by atoms with Crippen molar-refractivity contribution in [3.8, 4) is 0 Å². The van der Waals surface area contributed by atoms with Crippen LogP contribution in [0.1, 0.15) is 49.8 Å². The van der Waals surface area contributed by atoms with E-state index in [0.717, 1.165) is 19.4 Å². The molecule has 1 amide bonds. The predicted molar refractivity (Wildman–Crippen MR) is 82.3 cm³/mol. The fourth-order valence-electron chi connectivity index (χ4n) is 3.14. The lowest BCUT2D eigenvalue weighted by Crippen LogP contribution is -2.42. The number of nitrogens with zero attached hydrogens (tertiary/aromatic N) is 1. The zero-order chi connectivity index (χ0) is 14.5. The summed E-state index contributed by atoms with van der Waals surface area (Å²) in [6, 6.07) is 8.85. The van der Waals surface area contributed by atoms with Gasteiger partial charge in [-0.25, -0.2) is 0 Å². The quantitative estimate of drug-likeness (QED) is 0.917. The van der Waals surface area contributed by atoms with Gasteiger partial charge in [0.25, 0.3) is 0 Å². The summed E-state index contributed by atoms with van der Waals surface area (Å²) >= 11 is 0. The average molecular weight is 274 g/mol. The second-order valence-corrected chi connectivity index (χ2v) is 5.95. The molecule has 2 N–H and O–H groups in total. The lowest BCUT2D eigenvalue weighted by atomic mass is 9.85. The maximum Gasteiger partial charge on any atom is 0.223 e. The number of hydrogen-bond donors (Lipinski definition) is 1. The molecule has 1 aliphatic rings. The molecular formula is C17H26N2O. The maximum atomic E-state index is 12.4. The van der Waals surface area contributed by atoms with Gasteiger partial charge in [-0.1, -0.05) is 36.8 Å². The van der Waals surface area contributed by atoms with Gasteiger partial charge in [0, 0.05) is 13.0 Å². The highest BCUT2D eigenvalue weighted by atomic mass is 16.2. The number of piperidine rings is 1. The van der Waals surface area contributed by atoms with Gasteiger partial charge in [0.05, 0.1) is 6.04 Å². The molecule has 1 saturated heterocycles. The Morgan fingerprint density at radius 3 is 2.70 bits per heavy atom. The fourth-order valence-corrected chi connectivity index (χ4v) is 3.14. The zero-order valence-corrected chi connectivity index (χ0v) is 12.6. The average Bonchev–Trinajstić information content (AvgIpc) is 2.45. The molecule has 2 unspecified atom stereocenters. The van der Waals surface area contributed by atoms with Crippen molar-refractivity contribution < 1.29 is 4.79 Å². The van der Waals surface area contributed by atoms with Gasteiger partial charge >= 0.3 is 0 Å². The van der Waals surface area contributed by atoms with Crippen LogP contribution >= 0.6 is 0 Å². The van der Waals surface area contributed by atoms with E-state index in [0.29, 0.717) is 18.9 Å². The molecule has 2 rings (SSSR count). The number of amides is 1. The van der Waals surface area contributed by atoms with E-state index in [1.54, 1.807) is 0 Å². The van der Waals surface area contributed by atoms with Crippen LogP contribution in [-0.2, 0) is 4.79 Å². The molecule has 0 bridgehead atoms. The first-order valence-corrected chi connectivity index (χ1v) is 7.69. The van der Waals surface area contributed by atoms with E-state index < -0.39 is 0 Å². The van der Waals surface area contributed by atoms with E-state index in [9.17, 15) is 4.79 Å². The highest BCUT2D eigenvalue weighted by molar-refractivity contribution is 5.77. The third-order valence-corrected chi connectivity index (χ3v) is 4.27. The fraction of sp³-hybridized carbons (Fsp3) is 0.588. The summed E-state index contributed by atoms with van der Waals surface area (Å²) in [5, 5.41) is 0. The molecule has 3 heteroatoms. The first-order chi connectivity index (χ1) is 9.63. The third-order valence-electron chi connectivity index (χ3n) is 4.27. The summed E-state index contributed by atoms with van der Waals surface area (Å²) in [5.41, 5.74) is 8.06. The molecule has 0 spiro atoms. The number of aryl methyl sites for hydroxylation is 1. The van der Waals surface area contributed by atoms with Crippen LogP contribution in [0.15, 0.2) is 24.3 Å². The van der Waals surface area contributed by atoms with Crippen molar-refractivity contribution >= 4 is 5.91 Å². The van der Waals surface area contributed by atoms with Gasteiger partial charge in [0.2, 0.25) is 5.91 Å². The van der Waals surface area contributed by atoms with E-state index in [1.165, 1.54) is 17.5 Å². The van der Waals surface area contributed by atoms with Crippen molar-refractivity contribution in [1.29, 1.82) is 0 Å². The Labute approximate surface area is 122 Å². The predicted octanol–water partition coefficient (Wildman–Crippen LogP) is 3.03. The molecule has 3 nitrogen and oxygen atoms in total. The molecule has 0 saturated carbocycles. The first-order valence-electron chi connectivity index (χ1n) is 7.69.